The van der Waals surface area contributed by atoms with E-state index >= 15 is 0 Å². The monoisotopic (exact) mass is 162 g/mol. The smallest absolute Gasteiger partial charge is 0.204 e. The molecule has 0 aromatic heterocycles. The lowest BCUT2D eigenvalue weighted by atomic mass is 10.3. The third kappa shape index (κ3) is 4.78. The van der Waals surface area contributed by atoms with Crippen LogP contribution in [0.4, 0.5) is 0 Å². The second kappa shape index (κ2) is 3.95. The van der Waals surface area contributed by atoms with Gasteiger partial charge in [-0.15, -0.1) is 0 Å². The molecule has 0 aromatic carbocycles. The minimum absolute atomic E-state index is 0.325. The molecule has 0 amide bonds. The van der Waals surface area contributed by atoms with Gasteiger partial charge in [-0.3, -0.25) is 4.57 Å². The lowest BCUT2D eigenvalue weighted by molar-refractivity contribution is 0.482. The zero-order chi connectivity index (χ0) is 8.20. The van der Waals surface area contributed by atoms with E-state index in [0.29, 0.717) is 12.3 Å². The van der Waals surface area contributed by atoms with Crippen LogP contribution in [-0.2, 0) is 4.57 Å². The summed E-state index contributed by atoms with van der Waals surface area (Å²) in [6, 6.07) is 0. The van der Waals surface area contributed by atoms with Gasteiger partial charge in [0, 0.05) is 12.3 Å². The molecule has 1 N–H and O–H groups in total. The largest absolute Gasteiger partial charge is 0.344 e. The molecular weight excluding hydrogens is 147 g/mol. The standard InChI is InChI=1S/C7H15O2P/c1-4-10(8,9)6-5-7(2)3/h5H,4,6H2,1-3H3,(H,8,9). The van der Waals surface area contributed by atoms with E-state index in [4.69, 9.17) is 4.89 Å². The Morgan fingerprint density at radius 2 is 2.10 bits per heavy atom. The second-order valence-electron chi connectivity index (χ2n) is 2.63. The van der Waals surface area contributed by atoms with Crippen molar-refractivity contribution < 1.29 is 9.46 Å². The molecule has 0 aromatic rings. The second-order valence-corrected chi connectivity index (χ2v) is 5.32. The van der Waals surface area contributed by atoms with Crippen molar-refractivity contribution in [3.8, 4) is 0 Å². The molecule has 0 radical (unpaired) electrons. The molecule has 0 heterocycles. The fourth-order valence-electron chi connectivity index (χ4n) is 0.454. The van der Waals surface area contributed by atoms with Crippen LogP contribution in [0.25, 0.3) is 0 Å². The maximum absolute atomic E-state index is 11.0. The molecule has 1 atom stereocenters. The average molecular weight is 162 g/mol. The van der Waals surface area contributed by atoms with Gasteiger partial charge in [0.25, 0.3) is 0 Å². The van der Waals surface area contributed by atoms with Crippen LogP contribution in [0.15, 0.2) is 11.6 Å². The number of rotatable bonds is 3. The van der Waals surface area contributed by atoms with Gasteiger partial charge in [0.2, 0.25) is 7.37 Å². The molecular formula is C7H15O2P. The Labute approximate surface area is 62.4 Å². The quantitative estimate of drug-likeness (QED) is 0.510. The highest BCUT2D eigenvalue weighted by Crippen LogP contribution is 2.39. The highest BCUT2D eigenvalue weighted by atomic mass is 31.2. The van der Waals surface area contributed by atoms with Crippen molar-refractivity contribution >= 4 is 7.37 Å². The molecule has 0 aliphatic carbocycles. The normalized spacial score (nSPS) is 16.0. The summed E-state index contributed by atoms with van der Waals surface area (Å²) in [5.41, 5.74) is 1.10. The summed E-state index contributed by atoms with van der Waals surface area (Å²) in [5, 5.41) is 0. The fraction of sp³-hybridized carbons (Fsp3) is 0.714. The van der Waals surface area contributed by atoms with E-state index in [1.807, 2.05) is 19.9 Å². The molecule has 10 heavy (non-hydrogen) atoms. The summed E-state index contributed by atoms with van der Waals surface area (Å²) < 4.78 is 11.0. The summed E-state index contributed by atoms with van der Waals surface area (Å²) in [4.78, 5) is 9.08. The van der Waals surface area contributed by atoms with Crippen LogP contribution in [0.3, 0.4) is 0 Å². The molecule has 0 bridgehead atoms. The molecule has 0 spiro atoms. The Bertz CT molecular complexity index is 168. The Kier molecular flexibility index (Phi) is 3.92. The van der Waals surface area contributed by atoms with Gasteiger partial charge in [0.15, 0.2) is 0 Å². The van der Waals surface area contributed by atoms with Gasteiger partial charge in [0.05, 0.1) is 0 Å². The van der Waals surface area contributed by atoms with Gasteiger partial charge in [-0.05, 0) is 13.8 Å². The van der Waals surface area contributed by atoms with Gasteiger partial charge >= 0.3 is 0 Å². The first kappa shape index (κ1) is 9.93. The van der Waals surface area contributed by atoms with E-state index in [0.717, 1.165) is 5.57 Å². The topological polar surface area (TPSA) is 37.3 Å². The van der Waals surface area contributed by atoms with Crippen LogP contribution in [0, 0.1) is 0 Å². The van der Waals surface area contributed by atoms with Gasteiger partial charge in [0.1, 0.15) is 0 Å². The predicted molar refractivity (Wildman–Crippen MR) is 44.7 cm³/mol. The Morgan fingerprint density at radius 1 is 1.60 bits per heavy atom. The lowest BCUT2D eigenvalue weighted by Crippen LogP contribution is -1.87. The van der Waals surface area contributed by atoms with Crippen LogP contribution in [-0.4, -0.2) is 17.2 Å². The molecule has 1 unspecified atom stereocenters. The van der Waals surface area contributed by atoms with Crippen LogP contribution < -0.4 is 0 Å². The molecule has 3 heteroatoms. The van der Waals surface area contributed by atoms with E-state index in [9.17, 15) is 4.57 Å². The van der Waals surface area contributed by atoms with E-state index in [1.54, 1.807) is 6.92 Å². The first-order valence-corrected chi connectivity index (χ1v) is 5.45. The van der Waals surface area contributed by atoms with Crippen molar-refractivity contribution in [3.63, 3.8) is 0 Å². The minimum Gasteiger partial charge on any atom is -0.344 e. The summed E-state index contributed by atoms with van der Waals surface area (Å²) in [6.07, 6.45) is 2.51. The number of hydrogen-bond acceptors (Lipinski definition) is 1. The van der Waals surface area contributed by atoms with E-state index in [2.05, 4.69) is 0 Å². The zero-order valence-electron chi connectivity index (χ0n) is 6.79. The summed E-state index contributed by atoms with van der Waals surface area (Å²) in [7, 11) is -2.80. The Hall–Kier alpha value is -0.0700. The summed E-state index contributed by atoms with van der Waals surface area (Å²) in [6.45, 7) is 5.59. The maximum Gasteiger partial charge on any atom is 0.204 e. The number of allylic oxidation sites excluding steroid dienone is 2. The van der Waals surface area contributed by atoms with Crippen LogP contribution in [0.1, 0.15) is 20.8 Å². The first-order chi connectivity index (χ1) is 4.48. The minimum atomic E-state index is -2.80. The van der Waals surface area contributed by atoms with E-state index in [1.165, 1.54) is 0 Å². The van der Waals surface area contributed by atoms with Crippen LogP contribution in [0.2, 0.25) is 0 Å². The molecule has 0 rings (SSSR count). The van der Waals surface area contributed by atoms with Crippen molar-refractivity contribution in [2.75, 3.05) is 12.3 Å². The molecule has 0 aliphatic heterocycles. The molecule has 0 fully saturated rings. The zero-order valence-corrected chi connectivity index (χ0v) is 7.69. The number of hydrogen-bond donors (Lipinski definition) is 1. The lowest BCUT2D eigenvalue weighted by Gasteiger charge is -2.04. The van der Waals surface area contributed by atoms with Gasteiger partial charge in [-0.2, -0.15) is 0 Å². The van der Waals surface area contributed by atoms with Gasteiger partial charge in [-0.1, -0.05) is 18.6 Å². The highest BCUT2D eigenvalue weighted by Gasteiger charge is 2.11. The summed E-state index contributed by atoms with van der Waals surface area (Å²) in [5.74, 6) is 0. The van der Waals surface area contributed by atoms with Crippen molar-refractivity contribution in [3.05, 3.63) is 11.6 Å². The molecule has 0 aliphatic rings. The van der Waals surface area contributed by atoms with E-state index < -0.39 is 7.37 Å². The van der Waals surface area contributed by atoms with Gasteiger partial charge in [-0.25, -0.2) is 0 Å². The van der Waals surface area contributed by atoms with Crippen molar-refractivity contribution in [1.82, 2.24) is 0 Å². The first-order valence-electron chi connectivity index (χ1n) is 3.42. The SMILES string of the molecule is CCP(=O)(O)CC=C(C)C. The van der Waals surface area contributed by atoms with Gasteiger partial charge < -0.3 is 4.89 Å². The molecule has 60 valence electrons. The third-order valence-electron chi connectivity index (χ3n) is 1.28. The Morgan fingerprint density at radius 3 is 2.40 bits per heavy atom. The predicted octanol–water partition coefficient (Wildman–Crippen LogP) is 2.24. The van der Waals surface area contributed by atoms with Crippen LogP contribution >= 0.6 is 7.37 Å². The fourth-order valence-corrected chi connectivity index (χ4v) is 1.36. The molecule has 2 nitrogen and oxygen atoms in total. The van der Waals surface area contributed by atoms with E-state index in [-0.39, 0.29) is 0 Å². The highest BCUT2D eigenvalue weighted by molar-refractivity contribution is 7.58. The summed E-state index contributed by atoms with van der Waals surface area (Å²) >= 11 is 0. The van der Waals surface area contributed by atoms with Crippen molar-refractivity contribution in [2.45, 2.75) is 20.8 Å². The third-order valence-corrected chi connectivity index (χ3v) is 3.02. The molecule has 0 saturated heterocycles. The van der Waals surface area contributed by atoms with Crippen LogP contribution in [0.5, 0.6) is 0 Å². The van der Waals surface area contributed by atoms with Crippen molar-refractivity contribution in [2.24, 2.45) is 0 Å². The molecule has 0 saturated carbocycles. The Balaban J connectivity index is 3.92. The maximum atomic E-state index is 11.0. The average Bonchev–Trinajstić information content (AvgIpc) is 1.85. The van der Waals surface area contributed by atoms with Crippen molar-refractivity contribution in [1.29, 1.82) is 0 Å².